The van der Waals surface area contributed by atoms with Crippen molar-refractivity contribution in [2.75, 3.05) is 18.1 Å². The molecule has 0 N–H and O–H groups in total. The molecule has 1 aliphatic heterocycles. The summed E-state index contributed by atoms with van der Waals surface area (Å²) in [6, 6.07) is 3.71. The lowest BCUT2D eigenvalue weighted by atomic mass is 10.0. The monoisotopic (exact) mass is 416 g/mol. The molecular formula is C21H28N4O5. The number of imide groups is 1. The van der Waals surface area contributed by atoms with E-state index in [2.05, 4.69) is 10.1 Å². The zero-order valence-electron chi connectivity index (χ0n) is 18.3. The van der Waals surface area contributed by atoms with Gasteiger partial charge in [0, 0.05) is 6.20 Å². The quantitative estimate of drug-likeness (QED) is 0.723. The van der Waals surface area contributed by atoms with Crippen molar-refractivity contribution < 1.29 is 23.8 Å². The van der Waals surface area contributed by atoms with Crippen LogP contribution in [0.4, 0.5) is 15.5 Å². The molecular weight excluding hydrogens is 388 g/mol. The molecule has 0 fully saturated rings. The molecule has 0 saturated heterocycles. The van der Waals surface area contributed by atoms with Crippen molar-refractivity contribution in [3.8, 4) is 0 Å². The van der Waals surface area contributed by atoms with Crippen molar-refractivity contribution in [3.05, 3.63) is 30.0 Å². The Morgan fingerprint density at radius 3 is 2.23 bits per heavy atom. The predicted molar refractivity (Wildman–Crippen MR) is 111 cm³/mol. The van der Waals surface area contributed by atoms with E-state index in [1.807, 2.05) is 18.3 Å². The number of aromatic nitrogens is 3. The molecule has 2 aromatic heterocycles. The summed E-state index contributed by atoms with van der Waals surface area (Å²) in [5.41, 5.74) is 0.997. The zero-order chi connectivity index (χ0) is 22.1. The first-order valence-electron chi connectivity index (χ1n) is 9.83. The Labute approximate surface area is 175 Å². The largest absolute Gasteiger partial charge is 0.443 e. The summed E-state index contributed by atoms with van der Waals surface area (Å²) in [6.45, 7) is 11.5. The first kappa shape index (κ1) is 21.8. The molecule has 0 spiro atoms. The number of carbonyl (C=O) groups excluding carboxylic acids is 2. The molecule has 0 atom stereocenters. The fraction of sp³-hybridized carbons (Fsp3) is 0.524. The fourth-order valence-corrected chi connectivity index (χ4v) is 2.80. The molecule has 30 heavy (non-hydrogen) atoms. The molecule has 3 rings (SSSR count). The van der Waals surface area contributed by atoms with E-state index in [4.69, 9.17) is 14.2 Å². The predicted octanol–water partition coefficient (Wildman–Crippen LogP) is 4.21. The topological polar surface area (TPSA) is 95.3 Å². The summed E-state index contributed by atoms with van der Waals surface area (Å²) < 4.78 is 17.6. The number of pyridine rings is 1. The first-order chi connectivity index (χ1) is 13.9. The van der Waals surface area contributed by atoms with Crippen LogP contribution in [-0.4, -0.2) is 51.2 Å². The summed E-state index contributed by atoms with van der Waals surface area (Å²) in [7, 11) is 0. The van der Waals surface area contributed by atoms with Gasteiger partial charge in [0.15, 0.2) is 5.65 Å². The molecule has 162 valence electrons. The Kier molecular flexibility index (Phi) is 5.85. The molecule has 0 saturated carbocycles. The molecule has 0 unspecified atom stereocenters. The fourth-order valence-electron chi connectivity index (χ4n) is 2.80. The van der Waals surface area contributed by atoms with Gasteiger partial charge in [0.2, 0.25) is 0 Å². The highest BCUT2D eigenvalue weighted by atomic mass is 16.6. The van der Waals surface area contributed by atoms with Gasteiger partial charge in [-0.3, -0.25) is 0 Å². The van der Waals surface area contributed by atoms with Crippen LogP contribution in [0.1, 0.15) is 53.5 Å². The number of nitrogens with zero attached hydrogens (tertiary/aromatic N) is 4. The molecule has 1 aliphatic rings. The van der Waals surface area contributed by atoms with Gasteiger partial charge in [0.1, 0.15) is 11.2 Å². The number of ether oxygens (including phenoxy) is 3. The molecule has 9 heteroatoms. The highest BCUT2D eigenvalue weighted by Gasteiger charge is 2.35. The Bertz CT molecular complexity index is 953. The lowest BCUT2D eigenvalue weighted by molar-refractivity contribution is 0.0427. The first-order valence-corrected chi connectivity index (χ1v) is 9.83. The maximum Gasteiger partial charge on any atom is 0.427 e. The maximum atomic E-state index is 12.8. The minimum Gasteiger partial charge on any atom is -0.443 e. The van der Waals surface area contributed by atoms with Crippen LogP contribution in [-0.2, 0) is 14.2 Å². The molecule has 9 nitrogen and oxygen atoms in total. The van der Waals surface area contributed by atoms with E-state index < -0.39 is 23.4 Å². The highest BCUT2D eigenvalue weighted by molar-refractivity contribution is 6.08. The summed E-state index contributed by atoms with van der Waals surface area (Å²) in [5, 5.41) is 4.34. The summed E-state index contributed by atoms with van der Waals surface area (Å²) >= 11 is 0. The van der Waals surface area contributed by atoms with Crippen molar-refractivity contribution in [1.82, 2.24) is 14.6 Å². The molecule has 0 aromatic carbocycles. The van der Waals surface area contributed by atoms with Crippen molar-refractivity contribution >= 4 is 29.4 Å². The third-order valence-corrected chi connectivity index (χ3v) is 4.01. The maximum absolute atomic E-state index is 12.8. The smallest absolute Gasteiger partial charge is 0.427 e. The second-order valence-electron chi connectivity index (χ2n) is 8.98. The van der Waals surface area contributed by atoms with Gasteiger partial charge in [-0.15, -0.1) is 10.00 Å². The number of hydrogen-bond acceptors (Lipinski definition) is 7. The number of amides is 2. The molecule has 0 radical (unpaired) electrons. The molecule has 3 heterocycles. The van der Waals surface area contributed by atoms with Gasteiger partial charge in [0.05, 0.1) is 13.2 Å². The van der Waals surface area contributed by atoms with Crippen molar-refractivity contribution in [1.29, 1.82) is 0 Å². The van der Waals surface area contributed by atoms with E-state index in [1.54, 1.807) is 47.6 Å². The van der Waals surface area contributed by atoms with Crippen LogP contribution in [0.15, 0.2) is 24.4 Å². The third kappa shape index (κ3) is 5.35. The van der Waals surface area contributed by atoms with Crippen LogP contribution >= 0.6 is 0 Å². The summed E-state index contributed by atoms with van der Waals surface area (Å²) in [5.74, 6) is -0.114. The Balaban J connectivity index is 1.98. The van der Waals surface area contributed by atoms with Crippen molar-refractivity contribution in [2.24, 2.45) is 0 Å². The van der Waals surface area contributed by atoms with Gasteiger partial charge >= 0.3 is 12.2 Å². The van der Waals surface area contributed by atoms with Crippen molar-refractivity contribution in [3.63, 3.8) is 0 Å². The highest BCUT2D eigenvalue weighted by Crippen LogP contribution is 2.23. The number of hydrogen-bond donors (Lipinski definition) is 0. The Hall–Kier alpha value is -2.94. The van der Waals surface area contributed by atoms with Gasteiger partial charge in [-0.1, -0.05) is 6.08 Å². The van der Waals surface area contributed by atoms with Gasteiger partial charge in [0.25, 0.3) is 5.95 Å². The minimum atomic E-state index is -0.903. The van der Waals surface area contributed by atoms with Gasteiger partial charge < -0.3 is 14.2 Å². The SMILES string of the molecule is CC(C)(C)OC(=O)N(C(=O)OC(C)(C)C)c1nc2ccc(C3=CCOCC3)cn2n1. The summed E-state index contributed by atoms with van der Waals surface area (Å²) in [4.78, 5) is 30.6. The zero-order valence-corrected chi connectivity index (χ0v) is 18.3. The lowest BCUT2D eigenvalue weighted by Crippen LogP contribution is -2.44. The Morgan fingerprint density at radius 2 is 1.70 bits per heavy atom. The van der Waals surface area contributed by atoms with Gasteiger partial charge in [-0.25, -0.2) is 14.1 Å². The summed E-state index contributed by atoms with van der Waals surface area (Å²) in [6.07, 6.45) is 2.83. The second kappa shape index (κ2) is 8.06. The van der Waals surface area contributed by atoms with Crippen LogP contribution in [0.3, 0.4) is 0 Å². The third-order valence-electron chi connectivity index (χ3n) is 4.01. The van der Waals surface area contributed by atoms with E-state index in [1.165, 1.54) is 4.52 Å². The molecule has 2 amide bonds. The second-order valence-corrected chi connectivity index (χ2v) is 8.98. The van der Waals surface area contributed by atoms with Crippen molar-refractivity contribution in [2.45, 2.75) is 59.2 Å². The van der Waals surface area contributed by atoms with E-state index in [0.29, 0.717) is 18.9 Å². The Morgan fingerprint density at radius 1 is 1.07 bits per heavy atom. The van der Waals surface area contributed by atoms with Crippen LogP contribution in [0.5, 0.6) is 0 Å². The number of fused-ring (bicyclic) bond motifs is 1. The van der Waals surface area contributed by atoms with Crippen LogP contribution < -0.4 is 4.90 Å². The minimum absolute atomic E-state index is 0.114. The number of carbonyl (C=O) groups is 2. The molecule has 0 aliphatic carbocycles. The average Bonchev–Trinajstić information content (AvgIpc) is 3.01. The number of anilines is 1. The van der Waals surface area contributed by atoms with Crippen LogP contribution in [0.2, 0.25) is 0 Å². The van der Waals surface area contributed by atoms with Crippen LogP contribution in [0.25, 0.3) is 11.2 Å². The lowest BCUT2D eigenvalue weighted by Gasteiger charge is -2.26. The number of rotatable bonds is 2. The normalized spacial score (nSPS) is 14.9. The van der Waals surface area contributed by atoms with E-state index in [-0.39, 0.29) is 5.95 Å². The van der Waals surface area contributed by atoms with E-state index in [9.17, 15) is 9.59 Å². The molecule has 0 bridgehead atoms. The van der Waals surface area contributed by atoms with Crippen LogP contribution in [0, 0.1) is 0 Å². The van der Waals surface area contributed by atoms with Gasteiger partial charge in [-0.05, 0) is 71.2 Å². The van der Waals surface area contributed by atoms with E-state index in [0.717, 1.165) is 22.5 Å². The standard InChI is InChI=1S/C21H28N4O5/c1-20(2,3)29-18(26)25(19(27)30-21(4,5)6)17-22-16-8-7-15(13-24(16)23-17)14-9-11-28-12-10-14/h7-9,13H,10-12H2,1-6H3. The van der Waals surface area contributed by atoms with Gasteiger partial charge in [-0.2, -0.15) is 4.98 Å². The molecule has 2 aromatic rings. The average molecular weight is 416 g/mol. The van der Waals surface area contributed by atoms with E-state index >= 15 is 0 Å².